The first-order chi connectivity index (χ1) is 3.81. The van der Waals surface area contributed by atoms with E-state index in [1.807, 2.05) is 13.0 Å². The Kier molecular flexibility index (Phi) is 15.3. The van der Waals surface area contributed by atoms with Crippen LogP contribution in [0.3, 0.4) is 0 Å². The summed E-state index contributed by atoms with van der Waals surface area (Å²) >= 11 is 4.24. The van der Waals surface area contributed by atoms with Crippen LogP contribution in [0.2, 0.25) is 0 Å². The van der Waals surface area contributed by atoms with Crippen LogP contribution in [-0.2, 0) is 0 Å². The normalized spacial score (nSPS) is 8.62. The Balaban J connectivity index is 0. The smallest absolute Gasteiger partial charge is 0.0940 e. The molecule has 0 fully saturated rings. The lowest BCUT2D eigenvalue weighted by atomic mass is 10.3. The molecular weight excluding hydrogens is 328 g/mol. The van der Waals surface area contributed by atoms with E-state index in [1.165, 1.54) is 0 Å². The van der Waals surface area contributed by atoms with Crippen molar-refractivity contribution in [2.24, 2.45) is 0 Å². The molecule has 0 aliphatic heterocycles. The number of halogens is 2. The number of hydrogen-bond acceptors (Lipinski definition) is 1. The van der Waals surface area contributed by atoms with Crippen molar-refractivity contribution >= 4 is 37.2 Å². The highest BCUT2D eigenvalue weighted by molar-refractivity contribution is 15.0. The third-order valence-electron chi connectivity index (χ3n) is 0.609. The zero-order chi connectivity index (χ0) is 6.99. The first kappa shape index (κ1) is 11.5. The molecule has 0 saturated carbocycles. The lowest BCUT2D eigenvalue weighted by molar-refractivity contribution is 1.42. The molecule has 0 saturated heterocycles. The highest BCUT2D eigenvalue weighted by Crippen LogP contribution is 1.89. The standard InChI is InChI=1S/C5H7N.I2/c1-3-5(2)4-6;1-2/h3H,1-2H3;/b5-3+;. The van der Waals surface area contributed by atoms with Gasteiger partial charge in [-0.2, -0.15) is 5.26 Å². The predicted molar refractivity (Wildman–Crippen MR) is 53.1 cm³/mol. The molecule has 0 atom stereocenters. The maximum Gasteiger partial charge on any atom is 0.0940 e. The number of nitriles is 1. The Bertz CT molecular complexity index is 101. The fourth-order valence-corrected chi connectivity index (χ4v) is 0.0645. The van der Waals surface area contributed by atoms with Crippen LogP contribution in [0.15, 0.2) is 11.6 Å². The monoisotopic (exact) mass is 335 g/mol. The lowest BCUT2D eigenvalue weighted by Gasteiger charge is -1.70. The van der Waals surface area contributed by atoms with Crippen molar-refractivity contribution in [3.8, 4) is 6.07 Å². The van der Waals surface area contributed by atoms with Gasteiger partial charge in [0.2, 0.25) is 0 Å². The second-order valence-corrected chi connectivity index (χ2v) is 1.08. The zero-order valence-electron chi connectivity index (χ0n) is 4.78. The summed E-state index contributed by atoms with van der Waals surface area (Å²) in [7, 11) is 0. The summed E-state index contributed by atoms with van der Waals surface area (Å²) < 4.78 is 0. The van der Waals surface area contributed by atoms with Crippen LogP contribution in [0.1, 0.15) is 13.8 Å². The van der Waals surface area contributed by atoms with Crippen molar-refractivity contribution in [2.45, 2.75) is 13.8 Å². The van der Waals surface area contributed by atoms with Gasteiger partial charge in [-0.3, -0.25) is 0 Å². The third kappa shape index (κ3) is 9.85. The van der Waals surface area contributed by atoms with Gasteiger partial charge in [0.15, 0.2) is 0 Å². The first-order valence-electron chi connectivity index (χ1n) is 1.98. The number of allylic oxidation sites excluding steroid dienone is 2. The molecule has 0 bridgehead atoms. The average Bonchev–Trinajstić information content (AvgIpc) is 1.91. The molecule has 8 heavy (non-hydrogen) atoms. The summed E-state index contributed by atoms with van der Waals surface area (Å²) in [6, 6.07) is 1.98. The van der Waals surface area contributed by atoms with Gasteiger partial charge in [0.25, 0.3) is 0 Å². The first-order valence-corrected chi connectivity index (χ1v) is 8.27. The summed E-state index contributed by atoms with van der Waals surface area (Å²) in [5.74, 6) is 0. The molecule has 0 radical (unpaired) electrons. The summed E-state index contributed by atoms with van der Waals surface area (Å²) in [4.78, 5) is 0. The van der Waals surface area contributed by atoms with Gasteiger partial charge in [-0.15, -0.1) is 0 Å². The maximum absolute atomic E-state index is 8.02. The quantitative estimate of drug-likeness (QED) is 0.493. The Labute approximate surface area is 73.5 Å². The van der Waals surface area contributed by atoms with Gasteiger partial charge in [-0.05, 0) is 13.8 Å². The van der Waals surface area contributed by atoms with E-state index in [0.29, 0.717) is 0 Å². The van der Waals surface area contributed by atoms with Crippen LogP contribution in [-0.4, -0.2) is 0 Å². The highest BCUT2D eigenvalue weighted by Gasteiger charge is 1.71. The molecule has 0 aromatic heterocycles. The Morgan fingerprint density at radius 2 is 2.00 bits per heavy atom. The molecule has 0 aliphatic rings. The van der Waals surface area contributed by atoms with E-state index in [4.69, 9.17) is 5.26 Å². The van der Waals surface area contributed by atoms with Crippen molar-refractivity contribution in [2.75, 3.05) is 0 Å². The van der Waals surface area contributed by atoms with Crippen LogP contribution >= 0.6 is 37.2 Å². The molecule has 0 spiro atoms. The van der Waals surface area contributed by atoms with Gasteiger partial charge in [-0.25, -0.2) is 0 Å². The maximum atomic E-state index is 8.02. The number of hydrogen-bond donors (Lipinski definition) is 0. The van der Waals surface area contributed by atoms with Gasteiger partial charge in [-0.1, -0.05) is 6.08 Å². The molecule has 0 rings (SSSR count). The summed E-state index contributed by atoms with van der Waals surface area (Å²) in [5, 5.41) is 8.02. The summed E-state index contributed by atoms with van der Waals surface area (Å²) in [5.41, 5.74) is 0.773. The predicted octanol–water partition coefficient (Wildman–Crippen LogP) is 3.25. The van der Waals surface area contributed by atoms with Crippen LogP contribution in [0, 0.1) is 11.3 Å². The largest absolute Gasteiger partial charge is 0.193 e. The average molecular weight is 335 g/mol. The van der Waals surface area contributed by atoms with Crippen LogP contribution < -0.4 is 0 Å². The van der Waals surface area contributed by atoms with Crippen LogP contribution in [0.4, 0.5) is 0 Å². The van der Waals surface area contributed by atoms with E-state index in [9.17, 15) is 0 Å². The molecule has 0 aliphatic carbocycles. The van der Waals surface area contributed by atoms with Crippen molar-refractivity contribution in [1.82, 2.24) is 0 Å². The van der Waals surface area contributed by atoms with Crippen LogP contribution in [0.25, 0.3) is 0 Å². The molecule has 0 heterocycles. The Hall–Kier alpha value is 0.690. The van der Waals surface area contributed by atoms with Crippen molar-refractivity contribution in [3.05, 3.63) is 11.6 Å². The Morgan fingerprint density at radius 1 is 1.62 bits per heavy atom. The van der Waals surface area contributed by atoms with Crippen molar-refractivity contribution < 1.29 is 0 Å². The van der Waals surface area contributed by atoms with E-state index in [1.54, 1.807) is 13.0 Å². The second-order valence-electron chi connectivity index (χ2n) is 1.08. The highest BCUT2D eigenvalue weighted by atomic mass is 128. The van der Waals surface area contributed by atoms with Crippen molar-refractivity contribution in [3.63, 3.8) is 0 Å². The van der Waals surface area contributed by atoms with Gasteiger partial charge in [0.05, 0.1) is 6.07 Å². The van der Waals surface area contributed by atoms with E-state index in [2.05, 4.69) is 37.2 Å². The fraction of sp³-hybridized carbons (Fsp3) is 0.400. The molecule has 0 amide bonds. The number of nitrogens with zero attached hydrogens (tertiary/aromatic N) is 1. The number of rotatable bonds is 0. The van der Waals surface area contributed by atoms with E-state index < -0.39 is 0 Å². The molecule has 46 valence electrons. The Morgan fingerprint density at radius 3 is 2.00 bits per heavy atom. The molecule has 0 aromatic carbocycles. The lowest BCUT2D eigenvalue weighted by Crippen LogP contribution is -1.58. The second kappa shape index (κ2) is 10.6. The topological polar surface area (TPSA) is 23.8 Å². The van der Waals surface area contributed by atoms with Crippen LogP contribution in [0.5, 0.6) is 0 Å². The molecule has 1 nitrogen and oxygen atoms in total. The van der Waals surface area contributed by atoms with Gasteiger partial charge >= 0.3 is 0 Å². The molecule has 0 aromatic rings. The van der Waals surface area contributed by atoms with E-state index in [0.717, 1.165) is 5.57 Å². The minimum absolute atomic E-state index is 0.773. The fourth-order valence-electron chi connectivity index (χ4n) is 0.0645. The minimum atomic E-state index is 0.773. The molecular formula is C5H7I2N. The zero-order valence-corrected chi connectivity index (χ0v) is 9.10. The molecule has 0 unspecified atom stereocenters. The van der Waals surface area contributed by atoms with Gasteiger partial charge in [0.1, 0.15) is 0 Å². The molecule has 0 N–H and O–H groups in total. The third-order valence-corrected chi connectivity index (χ3v) is 0.609. The summed E-state index contributed by atoms with van der Waals surface area (Å²) in [6.07, 6.45) is 1.78. The van der Waals surface area contributed by atoms with Crippen molar-refractivity contribution in [1.29, 1.82) is 5.26 Å². The minimum Gasteiger partial charge on any atom is -0.193 e. The summed E-state index contributed by atoms with van der Waals surface area (Å²) in [6.45, 7) is 3.62. The van der Waals surface area contributed by atoms with E-state index >= 15 is 0 Å². The van der Waals surface area contributed by atoms with Gasteiger partial charge < -0.3 is 0 Å². The van der Waals surface area contributed by atoms with E-state index in [-0.39, 0.29) is 0 Å². The van der Waals surface area contributed by atoms with Gasteiger partial charge in [0, 0.05) is 42.8 Å². The molecule has 3 heteroatoms. The SMILES string of the molecule is C/C=C(\C)C#N.II.